The number of aromatic nitrogens is 2. The molecule has 3 amide bonds. The van der Waals surface area contributed by atoms with Gasteiger partial charge in [0.25, 0.3) is 10.0 Å². The number of amides is 3. The Morgan fingerprint density at radius 2 is 1.87 bits per heavy atom. The fourth-order valence-electron chi connectivity index (χ4n) is 4.76. The van der Waals surface area contributed by atoms with Gasteiger partial charge < -0.3 is 29.5 Å². The lowest BCUT2D eigenvalue weighted by Gasteiger charge is -2.34. The first-order valence-electron chi connectivity index (χ1n) is 14.0. The number of nitrogens with zero attached hydrogens (tertiary/aromatic N) is 4. The van der Waals surface area contributed by atoms with Crippen molar-refractivity contribution in [2.45, 2.75) is 43.6 Å². The second-order valence-electron chi connectivity index (χ2n) is 11.1. The molecular formula is C29H35F3N6O6S. The number of aryl methyl sites for hydroxylation is 1. The van der Waals surface area contributed by atoms with E-state index in [-0.39, 0.29) is 54.3 Å². The van der Waals surface area contributed by atoms with Gasteiger partial charge in [0.05, 0.1) is 37.5 Å². The Morgan fingerprint density at radius 1 is 1.20 bits per heavy atom. The van der Waals surface area contributed by atoms with Crippen molar-refractivity contribution in [3.8, 4) is 5.75 Å². The summed E-state index contributed by atoms with van der Waals surface area (Å²) in [6, 6.07) is 7.43. The van der Waals surface area contributed by atoms with Crippen LogP contribution in [0.1, 0.15) is 25.0 Å². The molecule has 1 aliphatic heterocycles. The number of aliphatic hydroxyl groups is 1. The number of carbonyl (C=O) groups excluding carboxylic acids is 2. The van der Waals surface area contributed by atoms with Crippen LogP contribution in [0, 0.1) is 5.92 Å². The van der Waals surface area contributed by atoms with Crippen molar-refractivity contribution in [1.82, 2.24) is 19.4 Å². The predicted octanol–water partition coefficient (Wildman–Crippen LogP) is 3.55. The van der Waals surface area contributed by atoms with E-state index in [2.05, 4.69) is 15.0 Å². The third-order valence-electron chi connectivity index (χ3n) is 7.39. The average Bonchev–Trinajstić information content (AvgIpc) is 3.43. The highest BCUT2D eigenvalue weighted by atomic mass is 32.2. The number of urea groups is 1. The van der Waals surface area contributed by atoms with Gasteiger partial charge in [-0.3, -0.25) is 9.52 Å². The number of hydrogen-bond donors (Lipinski definition) is 3. The zero-order valence-electron chi connectivity index (χ0n) is 25.1. The van der Waals surface area contributed by atoms with Crippen LogP contribution < -0.4 is 14.8 Å². The number of nitrogens with one attached hydrogen (secondary N) is 2. The van der Waals surface area contributed by atoms with Gasteiger partial charge in [0.2, 0.25) is 5.91 Å². The number of likely N-dealkylation sites (N-methyl/N-ethyl adjacent to an activating group) is 1. The van der Waals surface area contributed by atoms with Crippen LogP contribution in [0.2, 0.25) is 0 Å². The second kappa shape index (κ2) is 13.4. The summed E-state index contributed by atoms with van der Waals surface area (Å²) < 4.78 is 74.8. The molecule has 0 saturated heterocycles. The molecule has 0 unspecified atom stereocenters. The predicted molar refractivity (Wildman–Crippen MR) is 159 cm³/mol. The number of anilines is 2. The van der Waals surface area contributed by atoms with E-state index in [4.69, 9.17) is 4.74 Å². The number of alkyl halides is 3. The van der Waals surface area contributed by atoms with E-state index in [0.29, 0.717) is 11.3 Å². The Hall–Kier alpha value is -4.31. The van der Waals surface area contributed by atoms with E-state index in [1.165, 1.54) is 52.1 Å². The van der Waals surface area contributed by atoms with Crippen LogP contribution in [-0.4, -0.2) is 83.7 Å². The smallest absolute Gasteiger partial charge is 0.416 e. The zero-order chi connectivity index (χ0) is 33.1. The third kappa shape index (κ3) is 8.25. The summed E-state index contributed by atoms with van der Waals surface area (Å²) in [7, 11) is -0.890. The van der Waals surface area contributed by atoms with Crippen LogP contribution in [0.25, 0.3) is 0 Å². The molecule has 3 atom stereocenters. The van der Waals surface area contributed by atoms with Crippen molar-refractivity contribution in [1.29, 1.82) is 0 Å². The fourth-order valence-corrected chi connectivity index (χ4v) is 5.79. The van der Waals surface area contributed by atoms with Crippen LogP contribution in [-0.2, 0) is 34.5 Å². The van der Waals surface area contributed by atoms with Gasteiger partial charge in [-0.15, -0.1) is 0 Å². The summed E-state index contributed by atoms with van der Waals surface area (Å²) in [4.78, 5) is 33.1. The third-order valence-corrected chi connectivity index (χ3v) is 8.66. The van der Waals surface area contributed by atoms with E-state index >= 15 is 0 Å². The number of halogens is 3. The summed E-state index contributed by atoms with van der Waals surface area (Å²) in [5.41, 5.74) is -0.117. The van der Waals surface area contributed by atoms with Gasteiger partial charge in [0.1, 0.15) is 11.9 Å². The Morgan fingerprint density at radius 3 is 2.47 bits per heavy atom. The first-order valence-corrected chi connectivity index (χ1v) is 15.5. The molecule has 0 fully saturated rings. The summed E-state index contributed by atoms with van der Waals surface area (Å²) >= 11 is 0. The standard InChI is InChI=1S/C29H35F3N6O6S/c1-18-13-38(19(2)16-39)27(40)12-20-11-23(35-45(42,43)26-15-36(3)17-33-26)9-10-24(20)44-25(18)14-37(4)28(41)34-22-7-5-21(6-8-22)29(30,31)32/h5-11,15,17-19,25,35,39H,12-14,16H2,1-4H3,(H,34,41)/t18-,19-,25+/m1/s1. The highest BCUT2D eigenvalue weighted by Gasteiger charge is 2.33. The van der Waals surface area contributed by atoms with Crippen LogP contribution in [0.3, 0.4) is 0 Å². The molecule has 0 saturated carbocycles. The van der Waals surface area contributed by atoms with Crippen LogP contribution in [0.4, 0.5) is 29.3 Å². The number of hydrogen-bond acceptors (Lipinski definition) is 7. The molecule has 2 aromatic carbocycles. The number of rotatable bonds is 8. The van der Waals surface area contributed by atoms with E-state index in [1.54, 1.807) is 14.0 Å². The maximum absolute atomic E-state index is 13.4. The number of fused-ring (bicyclic) bond motifs is 1. The van der Waals surface area contributed by atoms with Gasteiger partial charge in [-0.1, -0.05) is 6.92 Å². The second-order valence-corrected chi connectivity index (χ2v) is 12.7. The Balaban J connectivity index is 1.58. The first-order chi connectivity index (χ1) is 21.1. The Bertz CT molecular complexity index is 1630. The maximum Gasteiger partial charge on any atom is 0.416 e. The van der Waals surface area contributed by atoms with Gasteiger partial charge >= 0.3 is 12.2 Å². The number of imidazole rings is 1. The normalized spacial score (nSPS) is 18.1. The van der Waals surface area contributed by atoms with E-state index in [0.717, 1.165) is 24.3 Å². The molecule has 0 radical (unpaired) electrons. The van der Waals surface area contributed by atoms with Crippen molar-refractivity contribution in [2.24, 2.45) is 13.0 Å². The topological polar surface area (TPSA) is 146 Å². The minimum Gasteiger partial charge on any atom is -0.488 e. The molecule has 16 heteroatoms. The molecule has 4 rings (SSSR count). The molecular weight excluding hydrogens is 617 g/mol. The van der Waals surface area contributed by atoms with Gasteiger partial charge in [0.15, 0.2) is 5.03 Å². The van der Waals surface area contributed by atoms with Gasteiger partial charge in [-0.25, -0.2) is 9.78 Å². The lowest BCUT2D eigenvalue weighted by molar-refractivity contribution is -0.137. The summed E-state index contributed by atoms with van der Waals surface area (Å²) in [6.45, 7) is 3.44. The lowest BCUT2D eigenvalue weighted by Crippen LogP contribution is -2.48. The van der Waals surface area contributed by atoms with Gasteiger partial charge in [-0.05, 0) is 49.4 Å². The highest BCUT2D eigenvalue weighted by Crippen LogP contribution is 2.31. The molecule has 0 bridgehead atoms. The molecule has 0 aliphatic carbocycles. The molecule has 244 valence electrons. The molecule has 3 N–H and O–H groups in total. The van der Waals surface area contributed by atoms with Crippen molar-refractivity contribution >= 4 is 33.3 Å². The van der Waals surface area contributed by atoms with Gasteiger partial charge in [0, 0.05) is 49.7 Å². The van der Waals surface area contributed by atoms with Crippen LogP contribution in [0.5, 0.6) is 5.75 Å². The first kappa shape index (κ1) is 33.6. The quantitative estimate of drug-likeness (QED) is 0.338. The van der Waals surface area contributed by atoms with E-state index in [9.17, 15) is 36.3 Å². The number of benzene rings is 2. The van der Waals surface area contributed by atoms with Crippen LogP contribution in [0.15, 0.2) is 60.0 Å². The summed E-state index contributed by atoms with van der Waals surface area (Å²) in [5.74, 6) is -0.361. The van der Waals surface area contributed by atoms with E-state index in [1.807, 2.05) is 6.92 Å². The molecule has 1 aliphatic rings. The summed E-state index contributed by atoms with van der Waals surface area (Å²) in [5, 5.41) is 12.2. The minimum absolute atomic E-state index is 0.0245. The number of sulfonamides is 1. The largest absolute Gasteiger partial charge is 0.488 e. The number of ether oxygens (including phenoxy) is 1. The minimum atomic E-state index is -4.51. The molecule has 3 aromatic rings. The number of carbonyl (C=O) groups is 2. The molecule has 0 spiro atoms. The SMILES string of the molecule is C[C@@H]1CN([C@H](C)CO)C(=O)Cc2cc(NS(=O)(=O)c3cn(C)cn3)ccc2O[C@H]1CN(C)C(=O)Nc1ccc(C(F)(F)F)cc1. The molecule has 12 nitrogen and oxygen atoms in total. The van der Waals surface area contributed by atoms with E-state index < -0.39 is 39.9 Å². The zero-order valence-corrected chi connectivity index (χ0v) is 25.9. The summed E-state index contributed by atoms with van der Waals surface area (Å²) in [6.07, 6.45) is -2.64. The monoisotopic (exact) mass is 652 g/mol. The highest BCUT2D eigenvalue weighted by molar-refractivity contribution is 7.92. The fraction of sp³-hybridized carbons (Fsp3) is 0.414. The maximum atomic E-state index is 13.4. The van der Waals surface area contributed by atoms with Crippen molar-refractivity contribution < 1.29 is 41.0 Å². The van der Waals surface area contributed by atoms with Crippen molar-refractivity contribution in [2.75, 3.05) is 36.8 Å². The van der Waals surface area contributed by atoms with Gasteiger partial charge in [-0.2, -0.15) is 21.6 Å². The molecule has 45 heavy (non-hydrogen) atoms. The van der Waals surface area contributed by atoms with Crippen LogP contribution >= 0.6 is 0 Å². The Labute approximate surface area is 258 Å². The average molecular weight is 653 g/mol. The van der Waals surface area contributed by atoms with Crippen molar-refractivity contribution in [3.63, 3.8) is 0 Å². The molecule has 2 heterocycles. The van der Waals surface area contributed by atoms with Crippen molar-refractivity contribution in [3.05, 3.63) is 66.1 Å². The Kier molecular flexibility index (Phi) is 9.97. The lowest BCUT2D eigenvalue weighted by atomic mass is 10.0. The molecule has 1 aromatic heterocycles. The number of aliphatic hydroxyl groups excluding tert-OH is 1.